The van der Waals surface area contributed by atoms with Gasteiger partial charge in [-0.3, -0.25) is 19.6 Å². The van der Waals surface area contributed by atoms with E-state index in [2.05, 4.69) is 39.6 Å². The molecule has 0 aromatic carbocycles. The number of carbonyl (C=O) groups excluding carboxylic acids is 2. The topological polar surface area (TPSA) is 90.1 Å². The number of nitrogens with one attached hydrogen (secondary N) is 3. The molecule has 1 aromatic heterocycles. The molecule has 1 fully saturated rings. The van der Waals surface area contributed by atoms with Gasteiger partial charge < -0.3 is 10.6 Å². The van der Waals surface area contributed by atoms with Crippen molar-refractivity contribution < 1.29 is 9.59 Å². The zero-order valence-electron chi connectivity index (χ0n) is 15.8. The van der Waals surface area contributed by atoms with Gasteiger partial charge in [0.1, 0.15) is 0 Å². The predicted octanol–water partition coefficient (Wildman–Crippen LogP) is 2.24. The number of H-pyrrole nitrogens is 1. The lowest BCUT2D eigenvalue weighted by molar-refractivity contribution is -0.121. The Kier molecular flexibility index (Phi) is 6.99. The van der Waals surface area contributed by atoms with Crippen LogP contribution in [-0.4, -0.2) is 52.1 Å². The summed E-state index contributed by atoms with van der Waals surface area (Å²) in [4.78, 5) is 25.7. The molecule has 1 saturated carbocycles. The molecule has 0 saturated heterocycles. The highest BCUT2D eigenvalue weighted by molar-refractivity contribution is 5.93. The van der Waals surface area contributed by atoms with Crippen molar-refractivity contribution in [2.45, 2.75) is 71.4 Å². The minimum absolute atomic E-state index is 0.0127. The summed E-state index contributed by atoms with van der Waals surface area (Å²) in [5.74, 6) is 0.926. The van der Waals surface area contributed by atoms with Gasteiger partial charge in [0, 0.05) is 30.6 Å². The normalized spacial score (nSPS) is 20.8. The Bertz CT molecular complexity index is 574. The summed E-state index contributed by atoms with van der Waals surface area (Å²) in [6.45, 7) is 9.57. The first-order valence-electron chi connectivity index (χ1n) is 9.31. The molecule has 1 unspecified atom stereocenters. The molecule has 1 aliphatic carbocycles. The molecular formula is C18H31N5O2. The lowest BCUT2D eigenvalue weighted by Gasteiger charge is -2.34. The molecule has 140 valence electrons. The SMILES string of the molecule is CCCN(CCC)C(C)C(=O)Nc1cc(C2CC(NC(C)=O)C2)[nH]n1. The minimum Gasteiger partial charge on any atom is -0.354 e. The van der Waals surface area contributed by atoms with Crippen molar-refractivity contribution in [2.24, 2.45) is 0 Å². The van der Waals surface area contributed by atoms with Gasteiger partial charge >= 0.3 is 0 Å². The van der Waals surface area contributed by atoms with Crippen molar-refractivity contribution in [3.8, 4) is 0 Å². The molecule has 0 spiro atoms. The van der Waals surface area contributed by atoms with Gasteiger partial charge in [0.05, 0.1) is 6.04 Å². The molecule has 1 atom stereocenters. The molecule has 0 bridgehead atoms. The molecular weight excluding hydrogens is 318 g/mol. The van der Waals surface area contributed by atoms with Crippen LogP contribution in [0.5, 0.6) is 0 Å². The van der Waals surface area contributed by atoms with Crippen molar-refractivity contribution in [1.29, 1.82) is 0 Å². The summed E-state index contributed by atoms with van der Waals surface area (Å²) in [7, 11) is 0. The van der Waals surface area contributed by atoms with Gasteiger partial charge in [-0.15, -0.1) is 0 Å². The average molecular weight is 349 g/mol. The summed E-state index contributed by atoms with van der Waals surface area (Å²) in [6.07, 6.45) is 3.88. The Labute approximate surface area is 149 Å². The second-order valence-corrected chi connectivity index (χ2v) is 6.98. The lowest BCUT2D eigenvalue weighted by atomic mass is 9.78. The van der Waals surface area contributed by atoms with Crippen LogP contribution in [0.15, 0.2) is 6.07 Å². The van der Waals surface area contributed by atoms with E-state index < -0.39 is 0 Å². The Morgan fingerprint density at radius 2 is 1.96 bits per heavy atom. The van der Waals surface area contributed by atoms with Gasteiger partial charge in [-0.1, -0.05) is 13.8 Å². The predicted molar refractivity (Wildman–Crippen MR) is 98.4 cm³/mol. The molecule has 0 radical (unpaired) electrons. The maximum absolute atomic E-state index is 12.5. The smallest absolute Gasteiger partial charge is 0.242 e. The van der Waals surface area contributed by atoms with Gasteiger partial charge in [0.2, 0.25) is 11.8 Å². The highest BCUT2D eigenvalue weighted by atomic mass is 16.2. The number of rotatable bonds is 9. The first kappa shape index (κ1) is 19.4. The number of hydrogen-bond donors (Lipinski definition) is 3. The number of amides is 2. The first-order chi connectivity index (χ1) is 11.9. The molecule has 3 N–H and O–H groups in total. The summed E-state index contributed by atoms with van der Waals surface area (Å²) in [5.41, 5.74) is 1.02. The summed E-state index contributed by atoms with van der Waals surface area (Å²) >= 11 is 0. The number of anilines is 1. The fourth-order valence-electron chi connectivity index (χ4n) is 3.36. The van der Waals surface area contributed by atoms with Crippen molar-refractivity contribution in [1.82, 2.24) is 20.4 Å². The van der Waals surface area contributed by atoms with Crippen LogP contribution in [0.3, 0.4) is 0 Å². The second-order valence-electron chi connectivity index (χ2n) is 6.98. The number of nitrogens with zero attached hydrogens (tertiary/aromatic N) is 2. The van der Waals surface area contributed by atoms with E-state index in [9.17, 15) is 9.59 Å². The van der Waals surface area contributed by atoms with Gasteiger partial charge in [-0.05, 0) is 45.7 Å². The van der Waals surface area contributed by atoms with Crippen LogP contribution in [0.25, 0.3) is 0 Å². The maximum Gasteiger partial charge on any atom is 0.242 e. The molecule has 25 heavy (non-hydrogen) atoms. The van der Waals surface area contributed by atoms with E-state index in [1.54, 1.807) is 6.92 Å². The molecule has 2 rings (SSSR count). The standard InChI is InChI=1S/C18H31N5O2/c1-5-7-23(8-6-2)12(3)18(25)20-17-11-16(21-22-17)14-9-15(10-14)19-13(4)24/h11-12,14-15H,5-10H2,1-4H3,(H,19,24)(H2,20,21,22,25). The average Bonchev–Trinajstić information content (AvgIpc) is 2.97. The van der Waals surface area contributed by atoms with E-state index in [1.165, 1.54) is 0 Å². The molecule has 7 heteroatoms. The first-order valence-corrected chi connectivity index (χ1v) is 9.31. The van der Waals surface area contributed by atoms with E-state index in [1.807, 2.05) is 13.0 Å². The number of hydrogen-bond acceptors (Lipinski definition) is 4. The summed E-state index contributed by atoms with van der Waals surface area (Å²) < 4.78 is 0. The van der Waals surface area contributed by atoms with Gasteiger partial charge in [0.25, 0.3) is 0 Å². The fourth-order valence-corrected chi connectivity index (χ4v) is 3.36. The Morgan fingerprint density at radius 3 is 2.52 bits per heavy atom. The monoisotopic (exact) mass is 349 g/mol. The minimum atomic E-state index is -0.173. The Morgan fingerprint density at radius 1 is 1.32 bits per heavy atom. The quantitative estimate of drug-likeness (QED) is 0.638. The van der Waals surface area contributed by atoms with Crippen molar-refractivity contribution in [3.05, 3.63) is 11.8 Å². The number of aromatic nitrogens is 2. The van der Waals surface area contributed by atoms with Crippen molar-refractivity contribution in [3.63, 3.8) is 0 Å². The zero-order valence-corrected chi connectivity index (χ0v) is 15.8. The van der Waals surface area contributed by atoms with E-state index in [-0.39, 0.29) is 23.9 Å². The van der Waals surface area contributed by atoms with Crippen LogP contribution < -0.4 is 10.6 Å². The fraction of sp³-hybridized carbons (Fsp3) is 0.722. The lowest BCUT2D eigenvalue weighted by Crippen LogP contribution is -2.43. The van der Waals surface area contributed by atoms with Crippen LogP contribution in [0.1, 0.15) is 65.0 Å². The van der Waals surface area contributed by atoms with E-state index in [0.717, 1.165) is 44.5 Å². The molecule has 2 amide bonds. The Balaban J connectivity index is 1.86. The van der Waals surface area contributed by atoms with Crippen LogP contribution in [-0.2, 0) is 9.59 Å². The van der Waals surface area contributed by atoms with Crippen LogP contribution >= 0.6 is 0 Å². The zero-order chi connectivity index (χ0) is 18.4. The van der Waals surface area contributed by atoms with Gasteiger partial charge in [0.15, 0.2) is 5.82 Å². The highest BCUT2D eigenvalue weighted by Crippen LogP contribution is 2.36. The number of aromatic amines is 1. The summed E-state index contributed by atoms with van der Waals surface area (Å²) in [5, 5.41) is 13.1. The van der Waals surface area contributed by atoms with Crippen LogP contribution in [0.2, 0.25) is 0 Å². The van der Waals surface area contributed by atoms with Crippen LogP contribution in [0.4, 0.5) is 5.82 Å². The third kappa shape index (κ3) is 5.29. The van der Waals surface area contributed by atoms with Gasteiger partial charge in [-0.2, -0.15) is 5.10 Å². The molecule has 1 aliphatic rings. The van der Waals surface area contributed by atoms with Crippen molar-refractivity contribution in [2.75, 3.05) is 18.4 Å². The third-order valence-corrected chi connectivity index (χ3v) is 4.78. The van der Waals surface area contributed by atoms with Crippen LogP contribution in [0, 0.1) is 0 Å². The molecule has 1 heterocycles. The Hall–Kier alpha value is -1.89. The van der Waals surface area contributed by atoms with E-state index in [0.29, 0.717) is 11.7 Å². The van der Waals surface area contributed by atoms with E-state index >= 15 is 0 Å². The molecule has 1 aromatic rings. The van der Waals surface area contributed by atoms with Gasteiger partial charge in [-0.25, -0.2) is 0 Å². The number of carbonyl (C=O) groups is 2. The summed E-state index contributed by atoms with van der Waals surface area (Å²) in [6, 6.07) is 1.98. The third-order valence-electron chi connectivity index (χ3n) is 4.78. The second kappa shape index (κ2) is 8.99. The van der Waals surface area contributed by atoms with Crippen molar-refractivity contribution >= 4 is 17.6 Å². The van der Waals surface area contributed by atoms with E-state index in [4.69, 9.17) is 0 Å². The molecule has 7 nitrogen and oxygen atoms in total. The largest absolute Gasteiger partial charge is 0.354 e. The molecule has 0 aliphatic heterocycles. The maximum atomic E-state index is 12.5. The highest BCUT2D eigenvalue weighted by Gasteiger charge is 2.32.